The molecule has 3 nitrogen and oxygen atoms in total. The fourth-order valence-electron chi connectivity index (χ4n) is 1.49. The molecule has 0 aliphatic carbocycles. The molecule has 0 bridgehead atoms. The lowest BCUT2D eigenvalue weighted by Crippen LogP contribution is -2.20. The molecule has 0 saturated carbocycles. The fraction of sp³-hybridized carbons (Fsp3) is 0.0714. The normalized spacial score (nSPS) is 10.2. The molecule has 2 aromatic rings. The lowest BCUT2D eigenvalue weighted by molar-refractivity contribution is -0.118. The Morgan fingerprint density at radius 1 is 1.10 bits per heavy atom. The highest BCUT2D eigenvalue weighted by Crippen LogP contribution is 2.24. The molecule has 0 aliphatic heterocycles. The van der Waals surface area contributed by atoms with Crippen LogP contribution >= 0.6 is 23.2 Å². The summed E-state index contributed by atoms with van der Waals surface area (Å²) < 4.78 is 18.0. The van der Waals surface area contributed by atoms with Gasteiger partial charge >= 0.3 is 0 Å². The maximum absolute atomic E-state index is 12.7. The summed E-state index contributed by atoms with van der Waals surface area (Å²) in [6.07, 6.45) is 0. The van der Waals surface area contributed by atoms with Gasteiger partial charge in [0.25, 0.3) is 5.91 Å². The first kappa shape index (κ1) is 14.6. The van der Waals surface area contributed by atoms with Crippen molar-refractivity contribution in [2.24, 2.45) is 0 Å². The van der Waals surface area contributed by atoms with E-state index in [9.17, 15) is 9.18 Å². The average molecular weight is 314 g/mol. The maximum atomic E-state index is 12.7. The van der Waals surface area contributed by atoms with E-state index < -0.39 is 0 Å². The second-order valence-corrected chi connectivity index (χ2v) is 4.82. The summed E-state index contributed by atoms with van der Waals surface area (Å²) in [5.74, 6) is -0.336. The van der Waals surface area contributed by atoms with Crippen molar-refractivity contribution in [1.82, 2.24) is 0 Å². The predicted octanol–water partition coefficient (Wildman–Crippen LogP) is 4.15. The molecule has 0 atom stereocenters. The SMILES string of the molecule is O=C(COc1cc(Cl)cc(Cl)c1)Nc1ccc(F)cc1. The first-order valence-corrected chi connectivity index (χ1v) is 6.43. The van der Waals surface area contributed by atoms with Crippen LogP contribution in [0, 0.1) is 5.82 Å². The van der Waals surface area contributed by atoms with Gasteiger partial charge in [0.05, 0.1) is 0 Å². The van der Waals surface area contributed by atoms with Crippen LogP contribution in [0.1, 0.15) is 0 Å². The Morgan fingerprint density at radius 2 is 1.70 bits per heavy atom. The molecule has 1 N–H and O–H groups in total. The third-order valence-electron chi connectivity index (χ3n) is 2.33. The van der Waals surface area contributed by atoms with Gasteiger partial charge in [-0.1, -0.05) is 23.2 Å². The van der Waals surface area contributed by atoms with Crippen molar-refractivity contribution in [2.45, 2.75) is 0 Å². The van der Waals surface area contributed by atoms with Gasteiger partial charge < -0.3 is 10.1 Å². The summed E-state index contributed by atoms with van der Waals surface area (Å²) in [4.78, 5) is 11.6. The van der Waals surface area contributed by atoms with Crippen LogP contribution in [-0.2, 0) is 4.79 Å². The second kappa shape index (κ2) is 6.59. The molecule has 20 heavy (non-hydrogen) atoms. The highest BCUT2D eigenvalue weighted by molar-refractivity contribution is 6.34. The van der Waals surface area contributed by atoms with Gasteiger partial charge in [-0.15, -0.1) is 0 Å². The van der Waals surface area contributed by atoms with Crippen LogP contribution in [0.25, 0.3) is 0 Å². The molecule has 0 radical (unpaired) electrons. The van der Waals surface area contributed by atoms with Crippen LogP contribution in [0.3, 0.4) is 0 Å². The Labute approximate surface area is 125 Å². The van der Waals surface area contributed by atoms with Crippen molar-refractivity contribution in [2.75, 3.05) is 11.9 Å². The van der Waals surface area contributed by atoms with Crippen LogP contribution in [0.5, 0.6) is 5.75 Å². The Kier molecular flexibility index (Phi) is 4.82. The lowest BCUT2D eigenvalue weighted by atomic mass is 10.3. The van der Waals surface area contributed by atoms with Crippen molar-refractivity contribution >= 4 is 34.8 Å². The number of carbonyl (C=O) groups is 1. The minimum Gasteiger partial charge on any atom is -0.484 e. The number of nitrogens with one attached hydrogen (secondary N) is 1. The summed E-state index contributed by atoms with van der Waals surface area (Å²) in [6, 6.07) is 10.1. The van der Waals surface area contributed by atoms with E-state index in [1.165, 1.54) is 24.3 Å². The summed E-state index contributed by atoms with van der Waals surface area (Å²) >= 11 is 11.6. The standard InChI is InChI=1S/C14H10Cl2FNO2/c15-9-5-10(16)7-13(6-9)20-8-14(19)18-12-3-1-11(17)2-4-12/h1-7H,8H2,(H,18,19). The number of rotatable bonds is 4. The van der Waals surface area contributed by atoms with Gasteiger partial charge in [-0.25, -0.2) is 4.39 Å². The number of benzene rings is 2. The molecule has 2 rings (SSSR count). The molecule has 0 saturated heterocycles. The molecule has 0 unspecified atom stereocenters. The molecule has 0 spiro atoms. The molecule has 2 aromatic carbocycles. The van der Waals surface area contributed by atoms with Gasteiger partial charge in [0.15, 0.2) is 6.61 Å². The molecular formula is C14H10Cl2FNO2. The number of hydrogen-bond acceptors (Lipinski definition) is 2. The summed E-state index contributed by atoms with van der Waals surface area (Å²) in [5.41, 5.74) is 0.490. The van der Waals surface area contributed by atoms with E-state index in [-0.39, 0.29) is 18.3 Å². The largest absolute Gasteiger partial charge is 0.484 e. The molecule has 6 heteroatoms. The topological polar surface area (TPSA) is 38.3 Å². The van der Waals surface area contributed by atoms with Gasteiger partial charge in [0.1, 0.15) is 11.6 Å². The number of hydrogen-bond donors (Lipinski definition) is 1. The van der Waals surface area contributed by atoms with Crippen LogP contribution in [0.15, 0.2) is 42.5 Å². The van der Waals surface area contributed by atoms with E-state index in [0.29, 0.717) is 21.5 Å². The molecule has 0 aliphatic rings. The Hall–Kier alpha value is -1.78. The minimum atomic E-state index is -0.368. The first-order valence-electron chi connectivity index (χ1n) is 5.67. The molecule has 1 amide bonds. The van der Waals surface area contributed by atoms with E-state index in [2.05, 4.69) is 5.32 Å². The Bertz CT molecular complexity index is 597. The fourth-order valence-corrected chi connectivity index (χ4v) is 2.00. The van der Waals surface area contributed by atoms with Crippen LogP contribution in [0.2, 0.25) is 10.0 Å². The van der Waals surface area contributed by atoms with E-state index in [0.717, 1.165) is 0 Å². The van der Waals surface area contributed by atoms with Crippen molar-refractivity contribution in [3.8, 4) is 5.75 Å². The third kappa shape index (κ3) is 4.40. The van der Waals surface area contributed by atoms with E-state index >= 15 is 0 Å². The first-order chi connectivity index (χ1) is 9.52. The van der Waals surface area contributed by atoms with Gasteiger partial charge in [-0.3, -0.25) is 4.79 Å². The van der Waals surface area contributed by atoms with Crippen LogP contribution in [-0.4, -0.2) is 12.5 Å². The highest BCUT2D eigenvalue weighted by Gasteiger charge is 2.05. The summed E-state index contributed by atoms with van der Waals surface area (Å²) in [5, 5.41) is 3.42. The molecule has 0 aromatic heterocycles. The molecule has 0 heterocycles. The van der Waals surface area contributed by atoms with Crippen LogP contribution in [0.4, 0.5) is 10.1 Å². The number of carbonyl (C=O) groups excluding carboxylic acids is 1. The number of amides is 1. The monoisotopic (exact) mass is 313 g/mol. The zero-order chi connectivity index (χ0) is 14.5. The lowest BCUT2D eigenvalue weighted by Gasteiger charge is -2.08. The highest BCUT2D eigenvalue weighted by atomic mass is 35.5. The molecule has 104 valence electrons. The van der Waals surface area contributed by atoms with Gasteiger partial charge in [-0.05, 0) is 42.5 Å². The summed E-state index contributed by atoms with van der Waals surface area (Å²) in [7, 11) is 0. The smallest absolute Gasteiger partial charge is 0.262 e. The summed E-state index contributed by atoms with van der Waals surface area (Å²) in [6.45, 7) is -0.200. The number of halogens is 3. The zero-order valence-electron chi connectivity index (χ0n) is 10.2. The van der Waals surface area contributed by atoms with Gasteiger partial charge in [-0.2, -0.15) is 0 Å². The third-order valence-corrected chi connectivity index (χ3v) is 2.77. The molecule has 0 fully saturated rings. The van der Waals surface area contributed by atoms with Gasteiger partial charge in [0, 0.05) is 15.7 Å². The van der Waals surface area contributed by atoms with E-state index in [4.69, 9.17) is 27.9 Å². The quantitative estimate of drug-likeness (QED) is 0.920. The van der Waals surface area contributed by atoms with Crippen molar-refractivity contribution in [3.05, 3.63) is 58.3 Å². The van der Waals surface area contributed by atoms with Crippen molar-refractivity contribution in [1.29, 1.82) is 0 Å². The Morgan fingerprint density at radius 3 is 2.30 bits per heavy atom. The maximum Gasteiger partial charge on any atom is 0.262 e. The van der Waals surface area contributed by atoms with Crippen molar-refractivity contribution in [3.63, 3.8) is 0 Å². The second-order valence-electron chi connectivity index (χ2n) is 3.95. The predicted molar refractivity (Wildman–Crippen MR) is 77.0 cm³/mol. The van der Waals surface area contributed by atoms with Gasteiger partial charge in [0.2, 0.25) is 0 Å². The van der Waals surface area contributed by atoms with Crippen LogP contribution < -0.4 is 10.1 Å². The number of anilines is 1. The Balaban J connectivity index is 1.90. The van der Waals surface area contributed by atoms with E-state index in [1.807, 2.05) is 0 Å². The average Bonchev–Trinajstić information content (AvgIpc) is 2.38. The molecular weight excluding hydrogens is 304 g/mol. The van der Waals surface area contributed by atoms with E-state index in [1.54, 1.807) is 18.2 Å². The zero-order valence-corrected chi connectivity index (χ0v) is 11.7. The van der Waals surface area contributed by atoms with Crippen molar-refractivity contribution < 1.29 is 13.9 Å². The number of ether oxygens (including phenoxy) is 1. The minimum absolute atomic E-state index is 0.200.